The number of aromatic nitrogens is 2. The number of carbonyl (C=O) groups excluding carboxylic acids is 2. The van der Waals surface area contributed by atoms with Crippen LogP contribution in [0, 0.1) is 10.1 Å². The van der Waals surface area contributed by atoms with Gasteiger partial charge < -0.3 is 9.40 Å². The van der Waals surface area contributed by atoms with Crippen LogP contribution in [0.3, 0.4) is 0 Å². The molecule has 0 unspecified atom stereocenters. The third kappa shape index (κ3) is 2.35. The topological polar surface area (TPSA) is 139 Å². The minimum Gasteiger partial charge on any atom is -0.449 e. The number of nitrogens with zero attached hydrogens (tertiary/aromatic N) is 3. The standard InChI is InChI=1S/C19H10N4O6/c24-17-16-15(9-4-1-2-7-12(9)29-16)20-13(21-17)8-22-18(25)10-5-3-6-11(23(27)28)14(10)19(22)26/h1-7H,8H2,(H,20,21,24). The molecule has 0 spiro atoms. The Labute approximate surface area is 160 Å². The molecule has 10 heteroatoms. The van der Waals surface area contributed by atoms with Gasteiger partial charge in [0, 0.05) is 11.5 Å². The van der Waals surface area contributed by atoms with E-state index in [9.17, 15) is 24.5 Å². The Morgan fingerprint density at radius 2 is 1.86 bits per heavy atom. The van der Waals surface area contributed by atoms with E-state index < -0.39 is 28.0 Å². The summed E-state index contributed by atoms with van der Waals surface area (Å²) >= 11 is 0. The van der Waals surface area contributed by atoms with Gasteiger partial charge in [0.25, 0.3) is 23.1 Å². The molecule has 0 aliphatic carbocycles. The van der Waals surface area contributed by atoms with Crippen molar-refractivity contribution in [3.63, 3.8) is 0 Å². The second-order valence-electron chi connectivity index (χ2n) is 6.44. The van der Waals surface area contributed by atoms with Crippen molar-refractivity contribution in [1.29, 1.82) is 0 Å². The molecule has 10 nitrogen and oxygen atoms in total. The number of nitrogens with one attached hydrogen (secondary N) is 1. The SMILES string of the molecule is O=C1c2cccc([N+](=O)[O-])c2C(=O)N1Cc1nc2c(oc3ccccc32)c(=O)[nH]1. The smallest absolute Gasteiger partial charge is 0.294 e. The number of imide groups is 1. The fourth-order valence-electron chi connectivity index (χ4n) is 3.48. The van der Waals surface area contributed by atoms with Gasteiger partial charge in [-0.05, 0) is 18.2 Å². The van der Waals surface area contributed by atoms with Crippen molar-refractivity contribution in [3.8, 4) is 0 Å². The number of benzene rings is 2. The Kier molecular flexibility index (Phi) is 3.38. The Morgan fingerprint density at radius 1 is 1.07 bits per heavy atom. The number of para-hydroxylation sites is 1. The van der Waals surface area contributed by atoms with E-state index in [0.29, 0.717) is 16.5 Å². The molecular weight excluding hydrogens is 380 g/mol. The maximum atomic E-state index is 12.7. The number of aromatic amines is 1. The van der Waals surface area contributed by atoms with Crippen molar-refractivity contribution < 1.29 is 18.9 Å². The van der Waals surface area contributed by atoms with Gasteiger partial charge in [0.2, 0.25) is 5.58 Å². The van der Waals surface area contributed by atoms with Crippen LogP contribution in [-0.2, 0) is 6.54 Å². The molecule has 29 heavy (non-hydrogen) atoms. The number of carbonyl (C=O) groups is 2. The van der Waals surface area contributed by atoms with E-state index in [1.807, 2.05) is 0 Å². The molecular formula is C19H10N4O6. The lowest BCUT2D eigenvalue weighted by Crippen LogP contribution is -2.31. The van der Waals surface area contributed by atoms with Gasteiger partial charge in [0.05, 0.1) is 17.0 Å². The van der Waals surface area contributed by atoms with Crippen LogP contribution < -0.4 is 5.56 Å². The van der Waals surface area contributed by atoms with Crippen LogP contribution in [0.2, 0.25) is 0 Å². The number of nitro groups is 1. The number of H-pyrrole nitrogens is 1. The molecule has 2 amide bonds. The van der Waals surface area contributed by atoms with Gasteiger partial charge in [-0.3, -0.25) is 29.4 Å². The summed E-state index contributed by atoms with van der Waals surface area (Å²) in [6, 6.07) is 10.8. The quantitative estimate of drug-likeness (QED) is 0.322. The van der Waals surface area contributed by atoms with Gasteiger partial charge in [0.1, 0.15) is 22.5 Å². The maximum absolute atomic E-state index is 12.7. The van der Waals surface area contributed by atoms with E-state index >= 15 is 0 Å². The molecule has 5 rings (SSSR count). The highest BCUT2D eigenvalue weighted by molar-refractivity contribution is 6.23. The zero-order valence-corrected chi connectivity index (χ0v) is 14.5. The summed E-state index contributed by atoms with van der Waals surface area (Å²) in [5.41, 5.74) is -0.491. The fraction of sp³-hybridized carbons (Fsp3) is 0.0526. The number of fused-ring (bicyclic) bond motifs is 4. The lowest BCUT2D eigenvalue weighted by atomic mass is 10.1. The van der Waals surface area contributed by atoms with Crippen LogP contribution in [0.5, 0.6) is 0 Å². The van der Waals surface area contributed by atoms with Crippen LogP contribution in [0.15, 0.2) is 51.7 Å². The molecule has 0 saturated heterocycles. The van der Waals surface area contributed by atoms with E-state index in [0.717, 1.165) is 11.0 Å². The number of hydrogen-bond donors (Lipinski definition) is 1. The Morgan fingerprint density at radius 3 is 2.66 bits per heavy atom. The average molecular weight is 390 g/mol. The second kappa shape index (κ2) is 5.83. The molecule has 1 aliphatic heterocycles. The summed E-state index contributed by atoms with van der Waals surface area (Å²) in [6.07, 6.45) is 0. The molecule has 0 bridgehead atoms. The summed E-state index contributed by atoms with van der Waals surface area (Å²) in [5.74, 6) is -1.43. The summed E-state index contributed by atoms with van der Waals surface area (Å²) in [6.45, 7) is -0.339. The molecule has 142 valence electrons. The predicted octanol–water partition coefficient (Wildman–Crippen LogP) is 2.37. The largest absolute Gasteiger partial charge is 0.449 e. The molecule has 1 aliphatic rings. The van der Waals surface area contributed by atoms with Crippen LogP contribution in [0.25, 0.3) is 22.1 Å². The molecule has 4 aromatic rings. The summed E-state index contributed by atoms with van der Waals surface area (Å²) in [7, 11) is 0. The van der Waals surface area contributed by atoms with Crippen molar-refractivity contribution in [3.05, 3.63) is 79.9 Å². The molecule has 2 aromatic heterocycles. The van der Waals surface area contributed by atoms with E-state index in [1.165, 1.54) is 12.1 Å². The number of furan rings is 1. The molecule has 0 atom stereocenters. The van der Waals surface area contributed by atoms with E-state index in [4.69, 9.17) is 4.42 Å². The van der Waals surface area contributed by atoms with Gasteiger partial charge in [-0.25, -0.2) is 4.98 Å². The number of rotatable bonds is 3. The third-order valence-electron chi connectivity index (χ3n) is 4.76. The fourth-order valence-corrected chi connectivity index (χ4v) is 3.48. The molecule has 2 aromatic carbocycles. The zero-order valence-electron chi connectivity index (χ0n) is 14.5. The van der Waals surface area contributed by atoms with E-state index in [2.05, 4.69) is 9.97 Å². The highest BCUT2D eigenvalue weighted by atomic mass is 16.6. The third-order valence-corrected chi connectivity index (χ3v) is 4.76. The van der Waals surface area contributed by atoms with E-state index in [-0.39, 0.29) is 29.1 Å². The summed E-state index contributed by atoms with van der Waals surface area (Å²) in [5, 5.41) is 11.8. The highest BCUT2D eigenvalue weighted by Crippen LogP contribution is 2.31. The van der Waals surface area contributed by atoms with Crippen molar-refractivity contribution in [1.82, 2.24) is 14.9 Å². The first kappa shape index (κ1) is 16.8. The summed E-state index contributed by atoms with van der Waals surface area (Å²) in [4.78, 5) is 55.9. The van der Waals surface area contributed by atoms with Crippen LogP contribution >= 0.6 is 0 Å². The summed E-state index contributed by atoms with van der Waals surface area (Å²) < 4.78 is 5.51. The number of nitro benzene ring substituents is 1. The Balaban J connectivity index is 1.60. The number of hydrogen-bond acceptors (Lipinski definition) is 7. The van der Waals surface area contributed by atoms with Crippen molar-refractivity contribution in [2.75, 3.05) is 0 Å². The zero-order chi connectivity index (χ0) is 20.3. The van der Waals surface area contributed by atoms with Crippen LogP contribution in [-0.4, -0.2) is 31.6 Å². The molecule has 3 heterocycles. The van der Waals surface area contributed by atoms with Crippen molar-refractivity contribution in [2.45, 2.75) is 6.54 Å². The van der Waals surface area contributed by atoms with E-state index in [1.54, 1.807) is 24.3 Å². The minimum atomic E-state index is -0.808. The first-order valence-electron chi connectivity index (χ1n) is 8.49. The molecule has 0 saturated carbocycles. The van der Waals surface area contributed by atoms with Crippen LogP contribution in [0.1, 0.15) is 26.5 Å². The maximum Gasteiger partial charge on any atom is 0.294 e. The van der Waals surface area contributed by atoms with Gasteiger partial charge in [0.15, 0.2) is 0 Å². The lowest BCUT2D eigenvalue weighted by molar-refractivity contribution is -0.385. The van der Waals surface area contributed by atoms with Crippen LogP contribution in [0.4, 0.5) is 5.69 Å². The molecule has 1 N–H and O–H groups in total. The Hall–Kier alpha value is -4.34. The first-order chi connectivity index (χ1) is 14.0. The number of amides is 2. The predicted molar refractivity (Wildman–Crippen MR) is 99.4 cm³/mol. The van der Waals surface area contributed by atoms with Gasteiger partial charge in [-0.15, -0.1) is 0 Å². The average Bonchev–Trinajstić information content (AvgIpc) is 3.20. The monoisotopic (exact) mass is 390 g/mol. The second-order valence-corrected chi connectivity index (χ2v) is 6.44. The highest BCUT2D eigenvalue weighted by Gasteiger charge is 2.41. The lowest BCUT2D eigenvalue weighted by Gasteiger charge is -2.12. The molecule has 0 radical (unpaired) electrons. The van der Waals surface area contributed by atoms with Gasteiger partial charge in [-0.1, -0.05) is 18.2 Å². The Bertz CT molecular complexity index is 1430. The normalized spacial score (nSPS) is 13.4. The first-order valence-corrected chi connectivity index (χ1v) is 8.49. The van der Waals surface area contributed by atoms with Crippen molar-refractivity contribution >= 4 is 39.6 Å². The minimum absolute atomic E-state index is 0.0351. The van der Waals surface area contributed by atoms with Crippen molar-refractivity contribution in [2.24, 2.45) is 0 Å². The van der Waals surface area contributed by atoms with Gasteiger partial charge >= 0.3 is 0 Å². The van der Waals surface area contributed by atoms with Gasteiger partial charge in [-0.2, -0.15) is 0 Å². The molecule has 0 fully saturated rings.